The van der Waals surface area contributed by atoms with Crippen molar-refractivity contribution in [1.29, 1.82) is 0 Å². The Hall–Kier alpha value is -2.36. The van der Waals surface area contributed by atoms with E-state index in [4.69, 9.17) is 4.74 Å². The molecule has 1 fully saturated rings. The van der Waals surface area contributed by atoms with E-state index in [0.717, 1.165) is 28.9 Å². The zero-order valence-corrected chi connectivity index (χ0v) is 16.7. The van der Waals surface area contributed by atoms with Crippen LogP contribution in [0.25, 0.3) is 10.8 Å². The average molecular weight is 446 g/mol. The van der Waals surface area contributed by atoms with Crippen molar-refractivity contribution in [2.45, 2.75) is 0 Å². The molecular weight excluding hydrogens is 430 g/mol. The van der Waals surface area contributed by atoms with Gasteiger partial charge < -0.3 is 15.0 Å². The molecule has 1 amide bonds. The quantitative estimate of drug-likeness (QED) is 0.662. The van der Waals surface area contributed by atoms with Gasteiger partial charge in [-0.3, -0.25) is 4.79 Å². The molecule has 0 radical (unpaired) electrons. The van der Waals surface area contributed by atoms with Gasteiger partial charge in [-0.25, -0.2) is 15.0 Å². The highest BCUT2D eigenvalue weighted by molar-refractivity contribution is 9.10. The van der Waals surface area contributed by atoms with Crippen LogP contribution in [-0.4, -0.2) is 47.2 Å². The lowest BCUT2D eigenvalue weighted by Gasteiger charge is -2.30. The maximum atomic E-state index is 12.7. The summed E-state index contributed by atoms with van der Waals surface area (Å²) < 4.78 is 6.32. The molecule has 9 heteroatoms. The van der Waals surface area contributed by atoms with Gasteiger partial charge in [0.05, 0.1) is 24.6 Å². The van der Waals surface area contributed by atoms with Crippen molar-refractivity contribution in [1.82, 2.24) is 15.0 Å². The lowest BCUT2D eigenvalue weighted by molar-refractivity contribution is 0.102. The van der Waals surface area contributed by atoms with Gasteiger partial charge in [0.2, 0.25) is 0 Å². The van der Waals surface area contributed by atoms with Gasteiger partial charge in [-0.15, -0.1) is 11.3 Å². The first-order chi connectivity index (χ1) is 13.2. The van der Waals surface area contributed by atoms with Gasteiger partial charge in [-0.1, -0.05) is 15.9 Å². The van der Waals surface area contributed by atoms with Crippen LogP contribution in [0.5, 0.6) is 0 Å². The first-order valence-electron chi connectivity index (χ1n) is 8.37. The molecule has 0 unspecified atom stereocenters. The Bertz CT molecular complexity index is 944. The predicted octanol–water partition coefficient (Wildman–Crippen LogP) is 3.45. The van der Waals surface area contributed by atoms with Crippen molar-refractivity contribution in [2.75, 3.05) is 36.5 Å². The van der Waals surface area contributed by atoms with E-state index in [1.165, 1.54) is 11.3 Å². The number of nitrogens with zero attached hydrogens (tertiary/aromatic N) is 4. The molecule has 0 saturated carbocycles. The topological polar surface area (TPSA) is 80.2 Å². The summed E-state index contributed by atoms with van der Waals surface area (Å²) >= 11 is 4.82. The second-order valence-corrected chi connectivity index (χ2v) is 7.60. The number of benzene rings is 1. The average Bonchev–Trinajstić information content (AvgIpc) is 3.20. The summed E-state index contributed by atoms with van der Waals surface area (Å²) in [4.78, 5) is 27.7. The molecule has 4 rings (SSSR count). The number of aromatic nitrogens is 3. The van der Waals surface area contributed by atoms with Crippen LogP contribution in [0.3, 0.4) is 0 Å². The van der Waals surface area contributed by atoms with E-state index in [0.29, 0.717) is 29.7 Å². The highest BCUT2D eigenvalue weighted by Gasteiger charge is 2.19. The van der Waals surface area contributed by atoms with Gasteiger partial charge >= 0.3 is 0 Å². The number of amides is 1. The number of nitrogens with one attached hydrogen (secondary N) is 1. The summed E-state index contributed by atoms with van der Waals surface area (Å²) in [6, 6.07) is 7.60. The SMILES string of the molecule is O=C(Nc1cc(Br)ccc1N1CCOCC1)c1csc(-c2ncccn2)n1. The molecule has 1 aromatic carbocycles. The van der Waals surface area contributed by atoms with Crippen LogP contribution in [0, 0.1) is 0 Å². The molecule has 138 valence electrons. The number of ether oxygens (including phenoxy) is 1. The van der Waals surface area contributed by atoms with E-state index in [2.05, 4.69) is 41.1 Å². The van der Waals surface area contributed by atoms with Crippen LogP contribution < -0.4 is 10.2 Å². The van der Waals surface area contributed by atoms with Crippen LogP contribution in [0.2, 0.25) is 0 Å². The molecule has 0 bridgehead atoms. The molecule has 27 heavy (non-hydrogen) atoms. The summed E-state index contributed by atoms with van der Waals surface area (Å²) in [5, 5.41) is 5.31. The summed E-state index contributed by atoms with van der Waals surface area (Å²) in [5.41, 5.74) is 2.05. The second kappa shape index (κ2) is 8.12. The summed E-state index contributed by atoms with van der Waals surface area (Å²) in [6.45, 7) is 2.93. The summed E-state index contributed by atoms with van der Waals surface area (Å²) in [6.07, 6.45) is 3.30. The van der Waals surface area contributed by atoms with Crippen molar-refractivity contribution in [2.24, 2.45) is 0 Å². The molecule has 0 aliphatic carbocycles. The Morgan fingerprint density at radius 2 is 2.00 bits per heavy atom. The van der Waals surface area contributed by atoms with Crippen LogP contribution in [0.1, 0.15) is 10.5 Å². The minimum Gasteiger partial charge on any atom is -0.378 e. The molecular formula is C18H16BrN5O2S. The lowest BCUT2D eigenvalue weighted by Crippen LogP contribution is -2.36. The fourth-order valence-electron chi connectivity index (χ4n) is 2.77. The molecule has 1 N–H and O–H groups in total. The molecule has 2 aromatic heterocycles. The van der Waals surface area contributed by atoms with E-state index in [1.807, 2.05) is 18.2 Å². The highest BCUT2D eigenvalue weighted by Crippen LogP contribution is 2.31. The molecule has 1 saturated heterocycles. The molecule has 1 aliphatic heterocycles. The Morgan fingerprint density at radius 1 is 1.22 bits per heavy atom. The fraction of sp³-hybridized carbons (Fsp3) is 0.222. The third-order valence-electron chi connectivity index (χ3n) is 4.05. The van der Waals surface area contributed by atoms with Crippen LogP contribution >= 0.6 is 27.3 Å². The van der Waals surface area contributed by atoms with E-state index in [9.17, 15) is 4.79 Å². The Balaban J connectivity index is 1.56. The van der Waals surface area contributed by atoms with E-state index in [1.54, 1.807) is 23.8 Å². The van der Waals surface area contributed by atoms with Gasteiger partial charge in [0, 0.05) is 35.3 Å². The minimum absolute atomic E-state index is 0.263. The molecule has 3 heterocycles. The first-order valence-corrected chi connectivity index (χ1v) is 10.0. The number of hydrogen-bond acceptors (Lipinski definition) is 7. The maximum Gasteiger partial charge on any atom is 0.275 e. The normalized spacial score (nSPS) is 14.2. The van der Waals surface area contributed by atoms with Crippen LogP contribution in [0.4, 0.5) is 11.4 Å². The standard InChI is InChI=1S/C18H16BrN5O2S/c19-12-2-3-15(24-6-8-26-9-7-24)13(10-12)22-17(25)14-11-27-18(23-14)16-20-4-1-5-21-16/h1-5,10-11H,6-9H2,(H,22,25). The molecule has 3 aromatic rings. The van der Waals surface area contributed by atoms with Crippen molar-refractivity contribution < 1.29 is 9.53 Å². The number of carbonyl (C=O) groups is 1. The summed E-state index contributed by atoms with van der Waals surface area (Å²) in [5.74, 6) is 0.249. The predicted molar refractivity (Wildman–Crippen MR) is 108 cm³/mol. The van der Waals surface area contributed by atoms with E-state index < -0.39 is 0 Å². The third-order valence-corrected chi connectivity index (χ3v) is 5.38. The largest absolute Gasteiger partial charge is 0.378 e. The Kier molecular flexibility index (Phi) is 5.42. The van der Waals surface area contributed by atoms with Gasteiger partial charge in [0.25, 0.3) is 5.91 Å². The van der Waals surface area contributed by atoms with Crippen molar-refractivity contribution in [3.8, 4) is 10.8 Å². The highest BCUT2D eigenvalue weighted by atomic mass is 79.9. The molecule has 7 nitrogen and oxygen atoms in total. The molecule has 0 spiro atoms. The fourth-order valence-corrected chi connectivity index (χ4v) is 3.87. The Labute approximate surface area is 168 Å². The van der Waals surface area contributed by atoms with Gasteiger partial charge in [-0.2, -0.15) is 0 Å². The van der Waals surface area contributed by atoms with Crippen LogP contribution in [0.15, 0.2) is 46.5 Å². The lowest BCUT2D eigenvalue weighted by atomic mass is 10.2. The van der Waals surface area contributed by atoms with Gasteiger partial charge in [-0.05, 0) is 24.3 Å². The van der Waals surface area contributed by atoms with Gasteiger partial charge in [0.1, 0.15) is 5.69 Å². The number of anilines is 2. The van der Waals surface area contributed by atoms with Gasteiger partial charge in [0.15, 0.2) is 10.8 Å². The smallest absolute Gasteiger partial charge is 0.275 e. The van der Waals surface area contributed by atoms with Crippen molar-refractivity contribution >= 4 is 44.5 Å². The zero-order chi connectivity index (χ0) is 18.6. The monoisotopic (exact) mass is 445 g/mol. The zero-order valence-electron chi connectivity index (χ0n) is 14.3. The van der Waals surface area contributed by atoms with Crippen LogP contribution in [-0.2, 0) is 4.74 Å². The number of carbonyl (C=O) groups excluding carboxylic acids is 1. The van der Waals surface area contributed by atoms with E-state index in [-0.39, 0.29) is 5.91 Å². The molecule has 1 aliphatic rings. The van der Waals surface area contributed by atoms with E-state index >= 15 is 0 Å². The maximum absolute atomic E-state index is 12.7. The van der Waals surface area contributed by atoms with Crippen molar-refractivity contribution in [3.05, 3.63) is 52.2 Å². The first kappa shape index (κ1) is 18.0. The number of halogens is 1. The number of morpholine rings is 1. The molecule has 0 atom stereocenters. The van der Waals surface area contributed by atoms with Crippen molar-refractivity contribution in [3.63, 3.8) is 0 Å². The minimum atomic E-state index is -0.263. The second-order valence-electron chi connectivity index (χ2n) is 5.83. The summed E-state index contributed by atoms with van der Waals surface area (Å²) in [7, 11) is 0. The third kappa shape index (κ3) is 4.15. The number of rotatable bonds is 4. The Morgan fingerprint density at radius 3 is 2.78 bits per heavy atom. The number of thiazole rings is 1. The number of hydrogen-bond donors (Lipinski definition) is 1.